The molecule has 0 amide bonds. The Bertz CT molecular complexity index is 1000. The fraction of sp³-hybridized carbons (Fsp3) is 0.190. The Morgan fingerprint density at radius 3 is 2.67 bits per heavy atom. The fourth-order valence-corrected chi connectivity index (χ4v) is 3.89. The number of allylic oxidation sites excluding steroid dienone is 3. The van der Waals surface area contributed by atoms with Crippen LogP contribution in [0, 0.1) is 17.1 Å². The van der Waals surface area contributed by atoms with Crippen molar-refractivity contribution in [1.82, 2.24) is 0 Å². The number of carbonyl (C=O) groups is 1. The van der Waals surface area contributed by atoms with Crippen molar-refractivity contribution in [2.75, 3.05) is 4.90 Å². The van der Waals surface area contributed by atoms with Gasteiger partial charge in [-0.3, -0.25) is 9.69 Å². The van der Waals surface area contributed by atoms with Crippen LogP contribution < -0.4 is 15.6 Å². The maximum atomic E-state index is 13.4. The Morgan fingerprint density at radius 1 is 1.22 bits per heavy atom. The molecule has 1 aromatic heterocycles. The quantitative estimate of drug-likeness (QED) is 0.891. The van der Waals surface area contributed by atoms with Crippen molar-refractivity contribution < 1.29 is 14.2 Å². The van der Waals surface area contributed by atoms with Crippen LogP contribution >= 0.6 is 0 Å². The molecule has 1 aliphatic heterocycles. The summed E-state index contributed by atoms with van der Waals surface area (Å²) in [5.74, 6) is -0.617. The molecule has 1 aliphatic carbocycles. The molecule has 0 saturated heterocycles. The second kappa shape index (κ2) is 6.69. The highest BCUT2D eigenvalue weighted by molar-refractivity contribution is 6.01. The highest BCUT2D eigenvalue weighted by atomic mass is 19.1. The standard InChI is InChI=1S/C21H17FN4O/c22-14-8-6-13(7-9-14)19-16(11-23)21(24)26(15-3-2-10-25-12-15)17-4-1-5-18(27)20(17)19/h2-3,6-10,12,19H,1,4-5,24H2/p+1. The van der Waals surface area contributed by atoms with Gasteiger partial charge in [-0.15, -0.1) is 0 Å². The molecule has 1 atom stereocenters. The van der Waals surface area contributed by atoms with E-state index in [4.69, 9.17) is 5.73 Å². The zero-order chi connectivity index (χ0) is 19.0. The van der Waals surface area contributed by atoms with E-state index in [1.165, 1.54) is 12.1 Å². The minimum Gasteiger partial charge on any atom is -0.384 e. The summed E-state index contributed by atoms with van der Waals surface area (Å²) in [5, 5.41) is 9.86. The summed E-state index contributed by atoms with van der Waals surface area (Å²) in [4.78, 5) is 17.7. The summed E-state index contributed by atoms with van der Waals surface area (Å²) in [6, 6.07) is 11.8. The molecule has 0 fully saturated rings. The molecular weight excluding hydrogens is 343 g/mol. The minimum absolute atomic E-state index is 0.00994. The average Bonchev–Trinajstić information content (AvgIpc) is 2.69. The molecule has 1 unspecified atom stereocenters. The highest BCUT2D eigenvalue weighted by Gasteiger charge is 2.40. The van der Waals surface area contributed by atoms with E-state index >= 15 is 0 Å². The molecule has 0 bridgehead atoms. The van der Waals surface area contributed by atoms with Gasteiger partial charge in [0.15, 0.2) is 18.2 Å². The Hall–Kier alpha value is -3.46. The van der Waals surface area contributed by atoms with Crippen molar-refractivity contribution in [1.29, 1.82) is 5.26 Å². The van der Waals surface area contributed by atoms with E-state index in [0.717, 1.165) is 17.8 Å². The number of benzene rings is 1. The number of aromatic nitrogens is 1. The average molecular weight is 361 g/mol. The summed E-state index contributed by atoms with van der Waals surface area (Å²) in [7, 11) is 0. The maximum Gasteiger partial charge on any atom is 0.191 e. The first-order chi connectivity index (χ1) is 13.1. The third-order valence-corrected chi connectivity index (χ3v) is 5.07. The van der Waals surface area contributed by atoms with Gasteiger partial charge < -0.3 is 5.73 Å². The van der Waals surface area contributed by atoms with E-state index in [9.17, 15) is 14.4 Å². The number of nitrogens with one attached hydrogen (secondary N) is 1. The van der Waals surface area contributed by atoms with Gasteiger partial charge in [-0.2, -0.15) is 5.26 Å². The monoisotopic (exact) mass is 361 g/mol. The van der Waals surface area contributed by atoms with E-state index < -0.39 is 5.92 Å². The van der Waals surface area contributed by atoms with Crippen molar-refractivity contribution in [2.24, 2.45) is 5.73 Å². The number of nitriles is 1. The Labute approximate surface area is 156 Å². The van der Waals surface area contributed by atoms with Crippen molar-refractivity contribution in [3.05, 3.63) is 82.8 Å². The number of pyridine rings is 1. The number of Topliss-reactive ketones (excluding diaryl/α,β-unsaturated/α-hetero) is 1. The summed E-state index contributed by atoms with van der Waals surface area (Å²) in [6.07, 6.45) is 5.41. The van der Waals surface area contributed by atoms with E-state index in [-0.39, 0.29) is 11.6 Å². The van der Waals surface area contributed by atoms with Gasteiger partial charge in [0, 0.05) is 23.8 Å². The van der Waals surface area contributed by atoms with Crippen molar-refractivity contribution >= 4 is 11.5 Å². The molecule has 2 aliphatic rings. The molecule has 5 nitrogen and oxygen atoms in total. The number of hydrogen-bond acceptors (Lipinski definition) is 4. The lowest BCUT2D eigenvalue weighted by molar-refractivity contribution is -0.377. The highest BCUT2D eigenvalue weighted by Crippen LogP contribution is 2.45. The molecule has 0 saturated carbocycles. The second-order valence-electron chi connectivity index (χ2n) is 6.63. The minimum atomic E-state index is -0.567. The first-order valence-electron chi connectivity index (χ1n) is 8.79. The lowest BCUT2D eigenvalue weighted by Crippen LogP contribution is -2.39. The predicted molar refractivity (Wildman–Crippen MR) is 97.3 cm³/mol. The van der Waals surface area contributed by atoms with Crippen LogP contribution in [-0.4, -0.2) is 5.78 Å². The van der Waals surface area contributed by atoms with Gasteiger partial charge in [0.25, 0.3) is 0 Å². The first kappa shape index (κ1) is 17.0. The summed E-state index contributed by atoms with van der Waals surface area (Å²) < 4.78 is 13.4. The van der Waals surface area contributed by atoms with Crippen LogP contribution in [0.25, 0.3) is 0 Å². The molecule has 134 valence electrons. The van der Waals surface area contributed by atoms with Crippen LogP contribution in [0.15, 0.2) is 71.5 Å². The van der Waals surface area contributed by atoms with Crippen molar-refractivity contribution in [3.63, 3.8) is 0 Å². The van der Waals surface area contributed by atoms with Gasteiger partial charge in [-0.05, 0) is 36.6 Å². The first-order valence-corrected chi connectivity index (χ1v) is 8.79. The van der Waals surface area contributed by atoms with Gasteiger partial charge in [0.2, 0.25) is 0 Å². The number of ketones is 1. The molecule has 0 radical (unpaired) electrons. The molecular formula is C21H18FN4O+. The number of halogens is 1. The number of nitrogens with zero attached hydrogens (tertiary/aromatic N) is 2. The number of nitrogens with two attached hydrogens (primary N) is 1. The summed E-state index contributed by atoms with van der Waals surface area (Å²) in [6.45, 7) is 0. The fourth-order valence-electron chi connectivity index (χ4n) is 3.89. The number of H-pyrrole nitrogens is 1. The van der Waals surface area contributed by atoms with Crippen LogP contribution in [0.2, 0.25) is 0 Å². The topological polar surface area (TPSA) is 84.3 Å². The van der Waals surface area contributed by atoms with E-state index in [2.05, 4.69) is 11.1 Å². The van der Waals surface area contributed by atoms with Crippen LogP contribution in [0.1, 0.15) is 30.7 Å². The molecule has 6 heteroatoms. The lowest BCUT2D eigenvalue weighted by Gasteiger charge is -2.39. The van der Waals surface area contributed by atoms with E-state index in [0.29, 0.717) is 35.4 Å². The zero-order valence-corrected chi connectivity index (χ0v) is 14.6. The molecule has 2 heterocycles. The van der Waals surface area contributed by atoms with Crippen LogP contribution in [0.4, 0.5) is 10.1 Å². The van der Waals surface area contributed by atoms with E-state index in [1.807, 2.05) is 12.1 Å². The van der Waals surface area contributed by atoms with Crippen molar-refractivity contribution in [2.45, 2.75) is 25.2 Å². The molecule has 0 spiro atoms. The number of aromatic amines is 1. The zero-order valence-electron chi connectivity index (χ0n) is 14.6. The van der Waals surface area contributed by atoms with Crippen LogP contribution in [0.5, 0.6) is 0 Å². The maximum absolute atomic E-state index is 13.4. The SMILES string of the molecule is N#CC1=C(N)N(c2ccc[nH+]c2)C2=C(C(=O)CCC2)C1c1ccc(F)cc1. The van der Waals surface area contributed by atoms with Gasteiger partial charge in [-0.1, -0.05) is 12.1 Å². The molecule has 4 rings (SSSR count). The van der Waals surface area contributed by atoms with Gasteiger partial charge in [-0.25, -0.2) is 9.37 Å². The largest absolute Gasteiger partial charge is 0.384 e. The molecule has 27 heavy (non-hydrogen) atoms. The third-order valence-electron chi connectivity index (χ3n) is 5.07. The smallest absolute Gasteiger partial charge is 0.191 e. The lowest BCUT2D eigenvalue weighted by atomic mass is 9.75. The normalized spacial score (nSPS) is 19.8. The number of rotatable bonds is 2. The predicted octanol–water partition coefficient (Wildman–Crippen LogP) is 2.94. The summed E-state index contributed by atoms with van der Waals surface area (Å²) in [5.41, 5.74) is 9.59. The van der Waals surface area contributed by atoms with Crippen molar-refractivity contribution in [3.8, 4) is 6.07 Å². The second-order valence-corrected chi connectivity index (χ2v) is 6.63. The third kappa shape index (κ3) is 2.77. The van der Waals surface area contributed by atoms with Gasteiger partial charge >= 0.3 is 0 Å². The number of hydrogen-bond donors (Lipinski definition) is 1. The Kier molecular flexibility index (Phi) is 4.21. The van der Waals surface area contributed by atoms with Crippen LogP contribution in [0.3, 0.4) is 0 Å². The van der Waals surface area contributed by atoms with Gasteiger partial charge in [0.1, 0.15) is 17.3 Å². The number of carbonyl (C=O) groups excluding carboxylic acids is 1. The Morgan fingerprint density at radius 2 is 2.00 bits per heavy atom. The molecule has 3 N–H and O–H groups in total. The number of anilines is 1. The van der Waals surface area contributed by atoms with E-state index in [1.54, 1.807) is 29.4 Å². The molecule has 2 aromatic rings. The van der Waals surface area contributed by atoms with Crippen LogP contribution in [-0.2, 0) is 4.79 Å². The molecule has 1 aromatic carbocycles. The Balaban J connectivity index is 1.96. The summed E-state index contributed by atoms with van der Waals surface area (Å²) >= 11 is 0. The van der Waals surface area contributed by atoms with Gasteiger partial charge in [0.05, 0.1) is 17.6 Å².